The van der Waals surface area contributed by atoms with E-state index in [4.69, 9.17) is 11.6 Å². The molecule has 0 aromatic carbocycles. The molecule has 0 saturated heterocycles. The summed E-state index contributed by atoms with van der Waals surface area (Å²) in [7, 11) is 0. The predicted molar refractivity (Wildman–Crippen MR) is 114 cm³/mol. The highest BCUT2D eigenvalue weighted by Crippen LogP contribution is 2.33. The number of anilines is 1. The molecule has 5 rings (SSSR count). The van der Waals surface area contributed by atoms with E-state index >= 15 is 0 Å². The lowest BCUT2D eigenvalue weighted by Gasteiger charge is -2.21. The van der Waals surface area contributed by atoms with Crippen LogP contribution in [0.25, 0.3) is 11.2 Å². The number of aromatic amines is 1. The SMILES string of the molecule is Cc1[nH]c(=O)c(CNc2nc(Cl)nc3c2ncn3C2CCCC2)c2c1CCCC2. The van der Waals surface area contributed by atoms with Crippen molar-refractivity contribution in [1.82, 2.24) is 24.5 Å². The maximum atomic E-state index is 12.7. The molecule has 1 saturated carbocycles. The van der Waals surface area contributed by atoms with Crippen LogP contribution < -0.4 is 10.9 Å². The van der Waals surface area contributed by atoms with Crippen molar-refractivity contribution < 1.29 is 0 Å². The standard InChI is InChI=1S/C21H25ClN6O/c1-12-14-8-4-5-9-15(14)16(20(29)25-12)10-23-18-17-19(27-21(22)26-18)28(11-24-17)13-6-2-3-7-13/h11,13H,2-10H2,1H3,(H,25,29)(H,23,26,27). The summed E-state index contributed by atoms with van der Waals surface area (Å²) >= 11 is 6.24. The van der Waals surface area contributed by atoms with Crippen molar-refractivity contribution in [2.45, 2.75) is 70.9 Å². The van der Waals surface area contributed by atoms with Gasteiger partial charge in [-0.15, -0.1) is 0 Å². The number of fused-ring (bicyclic) bond motifs is 2. The second-order valence-corrected chi connectivity index (χ2v) is 8.52. The monoisotopic (exact) mass is 412 g/mol. The number of aryl methyl sites for hydroxylation is 1. The van der Waals surface area contributed by atoms with Crippen LogP contribution in [0.15, 0.2) is 11.1 Å². The van der Waals surface area contributed by atoms with E-state index in [0.29, 0.717) is 23.9 Å². The number of nitrogens with zero attached hydrogens (tertiary/aromatic N) is 4. The van der Waals surface area contributed by atoms with Gasteiger partial charge in [0, 0.05) is 23.8 Å². The molecule has 0 aliphatic heterocycles. The fraction of sp³-hybridized carbons (Fsp3) is 0.524. The predicted octanol–water partition coefficient (Wildman–Crippen LogP) is 4.08. The zero-order valence-corrected chi connectivity index (χ0v) is 17.3. The molecule has 3 aromatic heterocycles. The van der Waals surface area contributed by atoms with Crippen molar-refractivity contribution in [3.8, 4) is 0 Å². The van der Waals surface area contributed by atoms with Crippen LogP contribution in [0.3, 0.4) is 0 Å². The average molecular weight is 413 g/mol. The van der Waals surface area contributed by atoms with E-state index in [1.165, 1.54) is 30.4 Å². The highest BCUT2D eigenvalue weighted by molar-refractivity contribution is 6.28. The first-order valence-corrected chi connectivity index (χ1v) is 10.9. The van der Waals surface area contributed by atoms with Gasteiger partial charge in [-0.2, -0.15) is 9.97 Å². The highest BCUT2D eigenvalue weighted by Gasteiger charge is 2.23. The number of hydrogen-bond donors (Lipinski definition) is 2. The Morgan fingerprint density at radius 2 is 1.93 bits per heavy atom. The van der Waals surface area contributed by atoms with Crippen LogP contribution in [0.5, 0.6) is 0 Å². The van der Waals surface area contributed by atoms with Crippen molar-refractivity contribution >= 4 is 28.6 Å². The summed E-state index contributed by atoms with van der Waals surface area (Å²) in [5.41, 5.74) is 5.73. The summed E-state index contributed by atoms with van der Waals surface area (Å²) in [6, 6.07) is 0.422. The Balaban J connectivity index is 1.50. The minimum Gasteiger partial charge on any atom is -0.364 e. The molecule has 0 spiro atoms. The molecular weight excluding hydrogens is 388 g/mol. The number of halogens is 1. The summed E-state index contributed by atoms with van der Waals surface area (Å²) in [6.07, 6.45) is 10.9. The van der Waals surface area contributed by atoms with Gasteiger partial charge in [0.15, 0.2) is 17.0 Å². The van der Waals surface area contributed by atoms with Gasteiger partial charge in [-0.3, -0.25) is 4.79 Å². The van der Waals surface area contributed by atoms with Crippen LogP contribution in [0.4, 0.5) is 5.82 Å². The van der Waals surface area contributed by atoms with E-state index in [9.17, 15) is 4.79 Å². The first-order valence-electron chi connectivity index (χ1n) is 10.5. The molecule has 0 bridgehead atoms. The summed E-state index contributed by atoms with van der Waals surface area (Å²) in [4.78, 5) is 29.1. The number of rotatable bonds is 4. The van der Waals surface area contributed by atoms with E-state index in [1.54, 1.807) is 0 Å². The molecule has 2 aliphatic rings. The number of pyridine rings is 1. The number of hydrogen-bond acceptors (Lipinski definition) is 5. The molecule has 0 radical (unpaired) electrons. The average Bonchev–Trinajstić information content (AvgIpc) is 3.37. The zero-order valence-electron chi connectivity index (χ0n) is 16.6. The molecule has 2 aliphatic carbocycles. The van der Waals surface area contributed by atoms with Gasteiger partial charge in [0.25, 0.3) is 5.56 Å². The Hall–Kier alpha value is -2.41. The summed E-state index contributed by atoms with van der Waals surface area (Å²) in [5.74, 6) is 0.585. The molecule has 7 nitrogen and oxygen atoms in total. The Morgan fingerprint density at radius 1 is 1.17 bits per heavy atom. The third kappa shape index (κ3) is 3.31. The third-order valence-electron chi connectivity index (χ3n) is 6.40. The fourth-order valence-electron chi connectivity index (χ4n) is 4.93. The first kappa shape index (κ1) is 18.6. The second kappa shape index (κ2) is 7.44. The molecule has 152 valence electrons. The Labute approximate surface area is 173 Å². The molecule has 8 heteroatoms. The molecule has 0 amide bonds. The van der Waals surface area contributed by atoms with E-state index < -0.39 is 0 Å². The van der Waals surface area contributed by atoms with Crippen molar-refractivity contribution in [3.63, 3.8) is 0 Å². The van der Waals surface area contributed by atoms with Gasteiger partial charge in [-0.25, -0.2) is 4.98 Å². The maximum absolute atomic E-state index is 12.7. The maximum Gasteiger partial charge on any atom is 0.253 e. The van der Waals surface area contributed by atoms with Crippen LogP contribution in [0.1, 0.15) is 67.0 Å². The van der Waals surface area contributed by atoms with Crippen LogP contribution in [0.2, 0.25) is 5.28 Å². The number of imidazole rings is 1. The summed E-state index contributed by atoms with van der Waals surface area (Å²) in [5, 5.41) is 3.52. The smallest absolute Gasteiger partial charge is 0.253 e. The van der Waals surface area contributed by atoms with Gasteiger partial charge in [0.2, 0.25) is 5.28 Å². The number of H-pyrrole nitrogens is 1. The Kier molecular flexibility index (Phi) is 4.78. The Morgan fingerprint density at radius 3 is 2.72 bits per heavy atom. The summed E-state index contributed by atoms with van der Waals surface area (Å²) in [6.45, 7) is 2.39. The lowest BCUT2D eigenvalue weighted by Crippen LogP contribution is -2.24. The molecular formula is C21H25ClN6O. The normalized spacial score (nSPS) is 17.0. The van der Waals surface area contributed by atoms with Crippen LogP contribution in [-0.4, -0.2) is 24.5 Å². The van der Waals surface area contributed by atoms with Crippen molar-refractivity contribution in [3.05, 3.63) is 44.3 Å². The molecule has 0 atom stereocenters. The molecule has 0 unspecified atom stereocenters. The van der Waals surface area contributed by atoms with Crippen LogP contribution in [-0.2, 0) is 19.4 Å². The molecule has 3 aromatic rings. The van der Waals surface area contributed by atoms with E-state index in [0.717, 1.165) is 49.0 Å². The van der Waals surface area contributed by atoms with E-state index in [1.807, 2.05) is 13.3 Å². The lowest BCUT2D eigenvalue weighted by atomic mass is 9.88. The highest BCUT2D eigenvalue weighted by atomic mass is 35.5. The van der Waals surface area contributed by atoms with Gasteiger partial charge in [-0.1, -0.05) is 12.8 Å². The number of nitrogens with one attached hydrogen (secondary N) is 2. The largest absolute Gasteiger partial charge is 0.364 e. The first-order chi connectivity index (χ1) is 14.1. The van der Waals surface area contributed by atoms with Gasteiger partial charge in [-0.05, 0) is 68.2 Å². The van der Waals surface area contributed by atoms with Crippen molar-refractivity contribution in [2.75, 3.05) is 5.32 Å². The van der Waals surface area contributed by atoms with Gasteiger partial charge >= 0.3 is 0 Å². The second-order valence-electron chi connectivity index (χ2n) is 8.18. The molecule has 2 N–H and O–H groups in total. The molecule has 1 fully saturated rings. The van der Waals surface area contributed by atoms with Crippen LogP contribution in [0, 0.1) is 6.92 Å². The van der Waals surface area contributed by atoms with Gasteiger partial charge in [0.1, 0.15) is 0 Å². The van der Waals surface area contributed by atoms with Gasteiger partial charge < -0.3 is 14.9 Å². The zero-order chi connectivity index (χ0) is 20.0. The van der Waals surface area contributed by atoms with Crippen LogP contribution >= 0.6 is 11.6 Å². The van der Waals surface area contributed by atoms with Crippen molar-refractivity contribution in [1.29, 1.82) is 0 Å². The topological polar surface area (TPSA) is 88.5 Å². The number of aromatic nitrogens is 5. The molecule has 29 heavy (non-hydrogen) atoms. The third-order valence-corrected chi connectivity index (χ3v) is 6.57. The Bertz CT molecular complexity index is 1130. The quantitative estimate of drug-likeness (QED) is 0.630. The van der Waals surface area contributed by atoms with E-state index in [2.05, 4.69) is 29.8 Å². The minimum absolute atomic E-state index is 0.0245. The lowest BCUT2D eigenvalue weighted by molar-refractivity contribution is 0.529. The minimum atomic E-state index is -0.0245. The fourth-order valence-corrected chi connectivity index (χ4v) is 5.10. The summed E-state index contributed by atoms with van der Waals surface area (Å²) < 4.78 is 2.13. The van der Waals surface area contributed by atoms with Crippen molar-refractivity contribution in [2.24, 2.45) is 0 Å². The van der Waals surface area contributed by atoms with E-state index in [-0.39, 0.29) is 10.8 Å². The molecule has 3 heterocycles. The van der Waals surface area contributed by atoms with Gasteiger partial charge in [0.05, 0.1) is 6.33 Å².